The van der Waals surface area contributed by atoms with Crippen LogP contribution in [0.25, 0.3) is 0 Å². The van der Waals surface area contributed by atoms with Gasteiger partial charge >= 0.3 is 11.9 Å². The monoisotopic (exact) mass is 794 g/mol. The van der Waals surface area contributed by atoms with Crippen molar-refractivity contribution in [1.82, 2.24) is 4.90 Å². The Labute approximate surface area is 348 Å². The van der Waals surface area contributed by atoms with Crippen LogP contribution in [0.5, 0.6) is 0 Å². The summed E-state index contributed by atoms with van der Waals surface area (Å²) in [4.78, 5) is 27.4. The molecular formula is C49H95NO6. The second-order valence-corrected chi connectivity index (χ2v) is 17.7. The fourth-order valence-electron chi connectivity index (χ4n) is 8.07. The first-order valence-electron chi connectivity index (χ1n) is 24.7. The molecule has 56 heavy (non-hydrogen) atoms. The van der Waals surface area contributed by atoms with Gasteiger partial charge in [-0.1, -0.05) is 162 Å². The number of carbonyl (C=O) groups excluding carboxylic acids is 2. The van der Waals surface area contributed by atoms with Crippen LogP contribution in [0.3, 0.4) is 0 Å². The molecule has 1 unspecified atom stereocenters. The van der Waals surface area contributed by atoms with E-state index < -0.39 is 5.79 Å². The van der Waals surface area contributed by atoms with E-state index in [1.165, 1.54) is 122 Å². The van der Waals surface area contributed by atoms with Crippen LogP contribution in [0.2, 0.25) is 0 Å². The molecule has 0 radical (unpaired) electrons. The zero-order chi connectivity index (χ0) is 40.8. The molecule has 1 heterocycles. The summed E-state index contributed by atoms with van der Waals surface area (Å²) in [5, 5.41) is 0. The Morgan fingerprint density at radius 3 is 1.52 bits per heavy atom. The molecule has 1 aliphatic heterocycles. The molecule has 0 aromatic carbocycles. The third-order valence-corrected chi connectivity index (χ3v) is 11.8. The van der Waals surface area contributed by atoms with Gasteiger partial charge < -0.3 is 23.8 Å². The Morgan fingerprint density at radius 1 is 0.571 bits per heavy atom. The van der Waals surface area contributed by atoms with Crippen molar-refractivity contribution < 1.29 is 28.5 Å². The molecule has 7 heteroatoms. The number of esters is 2. The molecule has 7 nitrogen and oxygen atoms in total. The first-order valence-corrected chi connectivity index (χ1v) is 24.7. The van der Waals surface area contributed by atoms with Gasteiger partial charge in [0.25, 0.3) is 0 Å². The largest absolute Gasteiger partial charge is 0.466 e. The predicted octanol–water partition coefficient (Wildman–Crippen LogP) is 14.2. The third-order valence-electron chi connectivity index (χ3n) is 11.8. The first-order chi connectivity index (χ1) is 27.3. The highest BCUT2D eigenvalue weighted by atomic mass is 16.7. The summed E-state index contributed by atoms with van der Waals surface area (Å²) in [5.41, 5.74) is 0. The number of ether oxygens (including phenoxy) is 4. The molecule has 0 aromatic heterocycles. The summed E-state index contributed by atoms with van der Waals surface area (Å²) in [7, 11) is 4.21. The molecule has 332 valence electrons. The average Bonchev–Trinajstić information content (AvgIpc) is 3.59. The van der Waals surface area contributed by atoms with Crippen molar-refractivity contribution in [2.24, 2.45) is 0 Å². The quantitative estimate of drug-likeness (QED) is 0.0450. The van der Waals surface area contributed by atoms with Crippen LogP contribution in [0.4, 0.5) is 0 Å². The maximum Gasteiger partial charge on any atom is 0.306 e. The SMILES string of the molecule is CCCCCCCCCCCOC(=O)CCCCC[C@]1(CCCCCCCC(=O)OC(CCCCCCCC)CCCCCCCC)OCC(CCN(C)C)O1. The smallest absolute Gasteiger partial charge is 0.306 e. The Hall–Kier alpha value is -1.18. The van der Waals surface area contributed by atoms with E-state index >= 15 is 0 Å². The molecule has 0 saturated carbocycles. The highest BCUT2D eigenvalue weighted by Gasteiger charge is 2.40. The molecule has 0 aromatic rings. The van der Waals surface area contributed by atoms with Crippen molar-refractivity contribution in [1.29, 1.82) is 0 Å². The summed E-state index contributed by atoms with van der Waals surface area (Å²) >= 11 is 0. The number of nitrogens with zero attached hydrogens (tertiary/aromatic N) is 1. The zero-order valence-corrected chi connectivity index (χ0v) is 38.1. The molecular weight excluding hydrogens is 699 g/mol. The minimum absolute atomic E-state index is 0.00880. The van der Waals surface area contributed by atoms with Gasteiger partial charge in [0.2, 0.25) is 0 Å². The lowest BCUT2D eigenvalue weighted by Gasteiger charge is -2.28. The highest BCUT2D eigenvalue weighted by molar-refractivity contribution is 5.69. The molecule has 0 N–H and O–H groups in total. The van der Waals surface area contributed by atoms with Gasteiger partial charge in [-0.25, -0.2) is 0 Å². The van der Waals surface area contributed by atoms with E-state index in [2.05, 4.69) is 39.8 Å². The molecule has 0 bridgehead atoms. The maximum atomic E-state index is 12.9. The van der Waals surface area contributed by atoms with Gasteiger partial charge in [0.1, 0.15) is 6.10 Å². The van der Waals surface area contributed by atoms with E-state index in [-0.39, 0.29) is 24.1 Å². The molecule has 1 saturated heterocycles. The van der Waals surface area contributed by atoms with E-state index in [1.807, 2.05) is 0 Å². The highest BCUT2D eigenvalue weighted by Crippen LogP contribution is 2.35. The molecule has 1 rings (SSSR count). The Bertz CT molecular complexity index is 867. The summed E-state index contributed by atoms with van der Waals surface area (Å²) in [5.74, 6) is -0.543. The summed E-state index contributed by atoms with van der Waals surface area (Å²) < 4.78 is 24.7. The van der Waals surface area contributed by atoms with Crippen LogP contribution in [0.15, 0.2) is 0 Å². The molecule has 0 amide bonds. The average molecular weight is 794 g/mol. The van der Waals surface area contributed by atoms with Gasteiger partial charge in [0, 0.05) is 32.2 Å². The second kappa shape index (κ2) is 38.0. The van der Waals surface area contributed by atoms with Crippen molar-refractivity contribution >= 4 is 11.9 Å². The number of carbonyl (C=O) groups is 2. The number of rotatable bonds is 42. The number of unbranched alkanes of at least 4 members (excludes halogenated alkanes) is 24. The molecule has 2 atom stereocenters. The van der Waals surface area contributed by atoms with Crippen molar-refractivity contribution in [3.63, 3.8) is 0 Å². The van der Waals surface area contributed by atoms with Gasteiger partial charge in [-0.3, -0.25) is 9.59 Å². The van der Waals surface area contributed by atoms with Gasteiger partial charge in [-0.05, 0) is 78.3 Å². The van der Waals surface area contributed by atoms with Crippen LogP contribution in [0, 0.1) is 0 Å². The van der Waals surface area contributed by atoms with Gasteiger partial charge in [-0.2, -0.15) is 0 Å². The van der Waals surface area contributed by atoms with Crippen LogP contribution >= 0.6 is 0 Å². The third kappa shape index (κ3) is 31.8. The molecule has 1 aliphatic rings. The minimum Gasteiger partial charge on any atom is -0.466 e. The summed E-state index contributed by atoms with van der Waals surface area (Å²) in [6.45, 7) is 9.01. The predicted molar refractivity (Wildman–Crippen MR) is 236 cm³/mol. The topological polar surface area (TPSA) is 74.3 Å². The van der Waals surface area contributed by atoms with Crippen molar-refractivity contribution in [3.05, 3.63) is 0 Å². The lowest BCUT2D eigenvalue weighted by Crippen LogP contribution is -2.31. The zero-order valence-electron chi connectivity index (χ0n) is 38.1. The van der Waals surface area contributed by atoms with Crippen LogP contribution in [-0.4, -0.2) is 68.7 Å². The van der Waals surface area contributed by atoms with Gasteiger partial charge in [0.05, 0.1) is 19.3 Å². The number of hydrogen-bond donors (Lipinski definition) is 0. The molecule has 1 fully saturated rings. The standard InChI is InChI=1S/C49H95NO6/c1-6-9-12-15-18-19-20-26-34-43-53-47(51)37-31-27-33-41-49(54-44-46(56-49)39-42-50(4)5)40-32-25-21-24-30-38-48(52)55-45(35-28-22-16-13-10-7-2)36-29-23-17-14-11-8-3/h45-46H,6-44H2,1-5H3/t46?,49-/m1/s1. The van der Waals surface area contributed by atoms with Gasteiger partial charge in [0.15, 0.2) is 5.79 Å². The van der Waals surface area contributed by atoms with Crippen molar-refractivity contribution in [2.75, 3.05) is 33.9 Å². The van der Waals surface area contributed by atoms with E-state index in [9.17, 15) is 9.59 Å². The lowest BCUT2D eigenvalue weighted by molar-refractivity contribution is -0.180. The summed E-state index contributed by atoms with van der Waals surface area (Å²) in [6, 6.07) is 0. The summed E-state index contributed by atoms with van der Waals surface area (Å²) in [6.07, 6.45) is 41.0. The van der Waals surface area contributed by atoms with Crippen LogP contribution in [0.1, 0.15) is 252 Å². The van der Waals surface area contributed by atoms with Crippen molar-refractivity contribution in [2.45, 2.75) is 270 Å². The molecule has 0 aliphatic carbocycles. The second-order valence-electron chi connectivity index (χ2n) is 17.7. The Morgan fingerprint density at radius 2 is 1.00 bits per heavy atom. The van der Waals surface area contributed by atoms with Gasteiger partial charge in [-0.15, -0.1) is 0 Å². The normalized spacial score (nSPS) is 17.0. The minimum atomic E-state index is -0.502. The van der Waals surface area contributed by atoms with E-state index in [4.69, 9.17) is 18.9 Å². The fourth-order valence-corrected chi connectivity index (χ4v) is 8.07. The van der Waals surface area contributed by atoms with Crippen LogP contribution in [-0.2, 0) is 28.5 Å². The lowest BCUT2D eigenvalue weighted by atomic mass is 9.99. The first kappa shape index (κ1) is 52.8. The van der Waals surface area contributed by atoms with E-state index in [0.717, 1.165) is 103 Å². The van der Waals surface area contributed by atoms with E-state index in [0.29, 0.717) is 26.1 Å². The molecule has 0 spiro atoms. The maximum absolute atomic E-state index is 12.9. The van der Waals surface area contributed by atoms with E-state index in [1.54, 1.807) is 0 Å². The Kier molecular flexibility index (Phi) is 35.9. The van der Waals surface area contributed by atoms with Crippen LogP contribution < -0.4 is 0 Å². The Balaban J connectivity index is 2.33. The number of hydrogen-bond acceptors (Lipinski definition) is 7. The fraction of sp³-hybridized carbons (Fsp3) is 0.959. The van der Waals surface area contributed by atoms with Crippen molar-refractivity contribution in [3.8, 4) is 0 Å².